The summed E-state index contributed by atoms with van der Waals surface area (Å²) in [6.45, 7) is 9.20. The summed E-state index contributed by atoms with van der Waals surface area (Å²) in [4.78, 5) is 21.9. The van der Waals surface area contributed by atoms with Gasteiger partial charge in [0.1, 0.15) is 11.3 Å². The molecule has 0 aliphatic heterocycles. The van der Waals surface area contributed by atoms with Crippen LogP contribution in [0.4, 0.5) is 10.6 Å². The summed E-state index contributed by atoms with van der Waals surface area (Å²) in [5.41, 5.74) is 9.35. The number of nitrogens with one attached hydrogen (secondary N) is 2. The summed E-state index contributed by atoms with van der Waals surface area (Å²) in [5, 5.41) is 6.31. The molecule has 0 aromatic carbocycles. The van der Waals surface area contributed by atoms with Gasteiger partial charge in [0.15, 0.2) is 5.82 Å². The highest BCUT2D eigenvalue weighted by Gasteiger charge is 2.27. The smallest absolute Gasteiger partial charge is 0.315 e. The topological polar surface area (TPSA) is 139 Å². The Morgan fingerprint density at radius 1 is 1.23 bits per heavy atom. The van der Waals surface area contributed by atoms with Gasteiger partial charge in [-0.2, -0.15) is 0 Å². The van der Waals surface area contributed by atoms with E-state index in [1.54, 1.807) is 7.11 Å². The van der Waals surface area contributed by atoms with Crippen molar-refractivity contribution in [1.29, 1.82) is 0 Å². The van der Waals surface area contributed by atoms with Gasteiger partial charge in [-0.05, 0) is 46.1 Å². The van der Waals surface area contributed by atoms with E-state index in [-0.39, 0.29) is 17.5 Å². The summed E-state index contributed by atoms with van der Waals surface area (Å²) in [6.07, 6.45) is 6.42. The summed E-state index contributed by atoms with van der Waals surface area (Å²) >= 11 is 0. The van der Waals surface area contributed by atoms with E-state index in [4.69, 9.17) is 15.5 Å². The number of ether oxygens (including phenoxy) is 1. The van der Waals surface area contributed by atoms with E-state index in [0.717, 1.165) is 35.4 Å². The first-order valence-corrected chi connectivity index (χ1v) is 10.9. The molecule has 9 heteroatoms. The van der Waals surface area contributed by atoms with Crippen LogP contribution in [0.25, 0.3) is 11.0 Å². The van der Waals surface area contributed by atoms with Crippen molar-refractivity contribution in [2.45, 2.75) is 84.3 Å². The molecule has 0 bridgehead atoms. The Bertz CT molecular complexity index is 903. The Hall–Kier alpha value is -2.39. The van der Waals surface area contributed by atoms with Crippen molar-refractivity contribution in [2.24, 2.45) is 0 Å². The fourth-order valence-corrected chi connectivity index (χ4v) is 4.31. The predicted molar refractivity (Wildman–Crippen MR) is 123 cm³/mol. The first kappa shape index (κ1) is 24.9. The third-order valence-corrected chi connectivity index (χ3v) is 5.95. The zero-order valence-electron chi connectivity index (χ0n) is 19.5. The lowest BCUT2D eigenvalue weighted by Crippen LogP contribution is -2.53. The van der Waals surface area contributed by atoms with Crippen molar-refractivity contribution in [3.05, 3.63) is 17.1 Å². The molecule has 0 unspecified atom stereocenters. The van der Waals surface area contributed by atoms with E-state index in [2.05, 4.69) is 20.2 Å². The minimum atomic E-state index is -0.480. The number of anilines is 1. The molecule has 0 radical (unpaired) electrons. The fourth-order valence-electron chi connectivity index (χ4n) is 4.31. The molecule has 1 saturated carbocycles. The van der Waals surface area contributed by atoms with Crippen LogP contribution in [0, 0.1) is 13.8 Å². The number of rotatable bonds is 7. The van der Waals surface area contributed by atoms with E-state index in [1.807, 2.05) is 27.7 Å². The van der Waals surface area contributed by atoms with Gasteiger partial charge in [-0.15, -0.1) is 0 Å². The number of nitrogens with two attached hydrogens (primary N) is 1. The van der Waals surface area contributed by atoms with E-state index in [0.29, 0.717) is 30.9 Å². The van der Waals surface area contributed by atoms with Crippen molar-refractivity contribution < 1.29 is 15.0 Å². The Labute approximate surface area is 184 Å². The normalized spacial score (nSPS) is 15.0. The molecular formula is C22H38N6O3. The first-order chi connectivity index (χ1) is 14.2. The van der Waals surface area contributed by atoms with Crippen LogP contribution in [-0.2, 0) is 17.7 Å². The van der Waals surface area contributed by atoms with Crippen LogP contribution in [0.3, 0.4) is 0 Å². The molecule has 3 rings (SSSR count). The lowest BCUT2D eigenvalue weighted by molar-refractivity contribution is 0.198. The molecule has 2 aromatic rings. The molecule has 2 heterocycles. The second kappa shape index (κ2) is 10.3. The van der Waals surface area contributed by atoms with Crippen LogP contribution < -0.4 is 16.4 Å². The van der Waals surface area contributed by atoms with Crippen LogP contribution in [0.1, 0.15) is 63.0 Å². The number of nitrogen functional groups attached to an aromatic ring is 1. The third-order valence-electron chi connectivity index (χ3n) is 5.95. The molecule has 31 heavy (non-hydrogen) atoms. The second-order valence-corrected chi connectivity index (χ2v) is 9.08. The van der Waals surface area contributed by atoms with Gasteiger partial charge in [0.25, 0.3) is 0 Å². The van der Waals surface area contributed by atoms with E-state index in [1.165, 1.54) is 19.3 Å². The van der Waals surface area contributed by atoms with Gasteiger partial charge in [-0.1, -0.05) is 19.3 Å². The van der Waals surface area contributed by atoms with Gasteiger partial charge < -0.3 is 31.1 Å². The standard InChI is InChI=1S/C22H36N6O2.H2O/c1-14-15(2)24-20(23)18-19(14)28(17(26-18)11-12-30-5)13-22(3,4)27-21(29)25-16-9-7-6-8-10-16;/h16H,6-13H2,1-5H3,(H2,23,24)(H2,25,27,29);1H2. The summed E-state index contributed by atoms with van der Waals surface area (Å²) in [6, 6.07) is 0.167. The van der Waals surface area contributed by atoms with Gasteiger partial charge in [0.2, 0.25) is 0 Å². The number of hydrogen-bond acceptors (Lipinski definition) is 5. The molecule has 1 fully saturated rings. The quantitative estimate of drug-likeness (QED) is 0.614. The van der Waals surface area contributed by atoms with E-state index in [9.17, 15) is 4.79 Å². The fraction of sp³-hybridized carbons (Fsp3) is 0.682. The summed E-state index contributed by atoms with van der Waals surface area (Å²) in [7, 11) is 1.68. The van der Waals surface area contributed by atoms with Crippen molar-refractivity contribution in [1.82, 2.24) is 25.2 Å². The van der Waals surface area contributed by atoms with Crippen LogP contribution in [-0.4, -0.2) is 51.3 Å². The molecule has 9 nitrogen and oxygen atoms in total. The van der Waals surface area contributed by atoms with Gasteiger partial charge in [0, 0.05) is 31.8 Å². The number of pyridine rings is 1. The number of nitrogens with zero attached hydrogens (tertiary/aromatic N) is 3. The molecule has 1 aliphatic carbocycles. The number of carbonyl (C=O) groups excluding carboxylic acids is 1. The lowest BCUT2D eigenvalue weighted by Gasteiger charge is -2.30. The Kier molecular flexibility index (Phi) is 8.25. The molecular weight excluding hydrogens is 396 g/mol. The number of aromatic nitrogens is 3. The highest BCUT2D eigenvalue weighted by molar-refractivity contribution is 5.88. The van der Waals surface area contributed by atoms with Crippen molar-refractivity contribution in [2.75, 3.05) is 19.5 Å². The first-order valence-electron chi connectivity index (χ1n) is 10.9. The van der Waals surface area contributed by atoms with Crippen LogP contribution in [0.5, 0.6) is 0 Å². The maximum Gasteiger partial charge on any atom is 0.315 e. The highest BCUT2D eigenvalue weighted by atomic mass is 16.5. The van der Waals surface area contributed by atoms with Crippen LogP contribution in [0.15, 0.2) is 0 Å². The number of imidazole rings is 1. The molecule has 1 aliphatic rings. The zero-order chi connectivity index (χ0) is 21.9. The molecule has 6 N–H and O–H groups in total. The largest absolute Gasteiger partial charge is 0.412 e. The van der Waals surface area contributed by atoms with Crippen molar-refractivity contribution >= 4 is 22.9 Å². The Balaban J connectivity index is 0.00000341. The van der Waals surface area contributed by atoms with Gasteiger partial charge in [-0.25, -0.2) is 14.8 Å². The van der Waals surface area contributed by atoms with Crippen LogP contribution >= 0.6 is 0 Å². The molecule has 174 valence electrons. The zero-order valence-corrected chi connectivity index (χ0v) is 19.5. The van der Waals surface area contributed by atoms with E-state index < -0.39 is 5.54 Å². The molecule has 2 amide bonds. The number of carbonyl (C=O) groups is 1. The van der Waals surface area contributed by atoms with Gasteiger partial charge in [0.05, 0.1) is 17.7 Å². The molecule has 0 atom stereocenters. The average Bonchev–Trinajstić information content (AvgIpc) is 3.03. The minimum absolute atomic E-state index is 0. The number of urea groups is 1. The van der Waals surface area contributed by atoms with Gasteiger partial charge in [-0.3, -0.25) is 0 Å². The number of amides is 2. The molecule has 2 aromatic heterocycles. The maximum atomic E-state index is 12.7. The average molecular weight is 435 g/mol. The lowest BCUT2D eigenvalue weighted by atomic mass is 9.95. The highest BCUT2D eigenvalue weighted by Crippen LogP contribution is 2.28. The number of fused-ring (bicyclic) bond motifs is 1. The number of methoxy groups -OCH3 is 1. The monoisotopic (exact) mass is 434 g/mol. The third kappa shape index (κ3) is 5.86. The molecule has 0 spiro atoms. The number of hydrogen-bond donors (Lipinski definition) is 3. The summed E-state index contributed by atoms with van der Waals surface area (Å²) in [5.74, 6) is 1.32. The Morgan fingerprint density at radius 3 is 2.55 bits per heavy atom. The van der Waals surface area contributed by atoms with Gasteiger partial charge >= 0.3 is 6.03 Å². The predicted octanol–water partition coefficient (Wildman–Crippen LogP) is 2.41. The number of aryl methyl sites for hydroxylation is 2. The maximum absolute atomic E-state index is 12.7. The van der Waals surface area contributed by atoms with Crippen LogP contribution in [0.2, 0.25) is 0 Å². The SMILES string of the molecule is COCCc1nc2c(N)nc(C)c(C)c2n1CC(C)(C)NC(=O)NC1CCCCC1.O. The van der Waals surface area contributed by atoms with Crippen molar-refractivity contribution in [3.8, 4) is 0 Å². The second-order valence-electron chi connectivity index (χ2n) is 9.08. The Morgan fingerprint density at radius 2 is 1.90 bits per heavy atom. The molecule has 0 saturated heterocycles. The summed E-state index contributed by atoms with van der Waals surface area (Å²) < 4.78 is 7.44. The minimum Gasteiger partial charge on any atom is -0.412 e. The van der Waals surface area contributed by atoms with E-state index >= 15 is 0 Å². The van der Waals surface area contributed by atoms with Crippen molar-refractivity contribution in [3.63, 3.8) is 0 Å².